The number of nitrogens with zero attached hydrogens (tertiary/aromatic N) is 3. The Balaban J connectivity index is 1.43. The summed E-state index contributed by atoms with van der Waals surface area (Å²) < 4.78 is 5.36. The molecule has 0 unspecified atom stereocenters. The maximum atomic E-state index is 13.9. The maximum Gasteiger partial charge on any atom is 0.269 e. The van der Waals surface area contributed by atoms with Crippen LogP contribution >= 0.6 is 11.6 Å². The van der Waals surface area contributed by atoms with Crippen molar-refractivity contribution in [3.05, 3.63) is 99.2 Å². The number of halogens is 1. The second kappa shape index (κ2) is 9.25. The number of fused-ring (bicyclic) bond motifs is 5. The molecule has 10 nitrogen and oxygen atoms in total. The molecule has 0 aromatic heterocycles. The molecule has 0 spiro atoms. The first-order chi connectivity index (χ1) is 18.8. The third kappa shape index (κ3) is 3.83. The molecule has 0 saturated carbocycles. The van der Waals surface area contributed by atoms with Crippen molar-refractivity contribution >= 4 is 52.5 Å². The van der Waals surface area contributed by atoms with Gasteiger partial charge in [-0.3, -0.25) is 24.5 Å². The lowest BCUT2D eigenvalue weighted by molar-refractivity contribution is -0.384. The largest absolute Gasteiger partial charge is 0.495 e. The Morgan fingerprint density at radius 2 is 1.74 bits per heavy atom. The molecule has 3 amide bonds. The lowest BCUT2D eigenvalue weighted by Gasteiger charge is -2.35. The predicted octanol–water partition coefficient (Wildman–Crippen LogP) is 4.41. The Morgan fingerprint density at radius 3 is 2.46 bits per heavy atom. The smallest absolute Gasteiger partial charge is 0.269 e. The fourth-order valence-electron chi connectivity index (χ4n) is 5.82. The molecule has 1 N–H and O–H groups in total. The van der Waals surface area contributed by atoms with Crippen molar-refractivity contribution in [2.24, 2.45) is 11.8 Å². The summed E-state index contributed by atoms with van der Waals surface area (Å²) in [5.41, 5.74) is 2.11. The number of non-ortho nitro benzene ring substituents is 1. The third-order valence-corrected chi connectivity index (χ3v) is 7.70. The van der Waals surface area contributed by atoms with Gasteiger partial charge in [0.1, 0.15) is 11.8 Å². The standard InChI is InChI=1S/C28H21ClN4O6/c1-39-21-11-6-16(29)14-20(21)30-26(34)25-23-22(24-19-5-3-2-4-15(19)12-13-31(24)25)27(35)32(28(23)36)17-7-9-18(10-8-17)33(37)38/h2-14,22-25H,1H3,(H,30,34)/t22-,23+,24+,25+/m0/s1. The first-order valence-corrected chi connectivity index (χ1v) is 12.5. The average Bonchev–Trinajstić information content (AvgIpc) is 3.41. The molecule has 3 heterocycles. The Morgan fingerprint density at radius 1 is 1.03 bits per heavy atom. The number of methoxy groups -OCH3 is 1. The number of imide groups is 1. The molecule has 39 heavy (non-hydrogen) atoms. The van der Waals surface area contributed by atoms with E-state index in [-0.39, 0.29) is 11.4 Å². The highest BCUT2D eigenvalue weighted by Crippen LogP contribution is 2.53. The van der Waals surface area contributed by atoms with Crippen LogP contribution in [0.2, 0.25) is 5.02 Å². The molecular formula is C28H21ClN4O6. The number of nitro benzene ring substituents is 1. The summed E-state index contributed by atoms with van der Waals surface area (Å²) in [4.78, 5) is 55.1. The van der Waals surface area contributed by atoms with E-state index in [0.717, 1.165) is 16.0 Å². The van der Waals surface area contributed by atoms with Crippen molar-refractivity contribution in [2.45, 2.75) is 12.1 Å². The first kappa shape index (κ1) is 24.6. The van der Waals surface area contributed by atoms with Gasteiger partial charge in [-0.2, -0.15) is 0 Å². The number of carbonyl (C=O) groups is 3. The summed E-state index contributed by atoms with van der Waals surface area (Å²) in [7, 11) is 1.46. The third-order valence-electron chi connectivity index (χ3n) is 7.47. The summed E-state index contributed by atoms with van der Waals surface area (Å²) in [5, 5.41) is 14.3. The molecule has 4 atom stereocenters. The summed E-state index contributed by atoms with van der Waals surface area (Å²) in [6.07, 6.45) is 3.61. The Bertz CT molecular complexity index is 1570. The number of rotatable bonds is 5. The van der Waals surface area contributed by atoms with Gasteiger partial charge in [0.2, 0.25) is 17.7 Å². The Kier molecular flexibility index (Phi) is 5.84. The number of carbonyl (C=O) groups excluding carboxylic acids is 3. The van der Waals surface area contributed by atoms with Crippen LogP contribution in [0.3, 0.4) is 0 Å². The van der Waals surface area contributed by atoms with Crippen molar-refractivity contribution in [3.63, 3.8) is 0 Å². The van der Waals surface area contributed by atoms with Gasteiger partial charge in [0.15, 0.2) is 0 Å². The molecule has 0 radical (unpaired) electrons. The van der Waals surface area contributed by atoms with Crippen LogP contribution in [0.25, 0.3) is 6.08 Å². The number of benzene rings is 3. The molecule has 2 saturated heterocycles. The van der Waals surface area contributed by atoms with E-state index in [4.69, 9.17) is 16.3 Å². The summed E-state index contributed by atoms with van der Waals surface area (Å²) in [5.74, 6) is -2.97. The lowest BCUT2D eigenvalue weighted by atomic mass is 9.84. The number of anilines is 2. The van der Waals surface area contributed by atoms with Gasteiger partial charge in [0.25, 0.3) is 5.69 Å². The fraction of sp³-hybridized carbons (Fsp3) is 0.179. The zero-order valence-electron chi connectivity index (χ0n) is 20.5. The molecule has 3 aromatic rings. The summed E-state index contributed by atoms with van der Waals surface area (Å²) in [6, 6.07) is 16.0. The van der Waals surface area contributed by atoms with E-state index >= 15 is 0 Å². The van der Waals surface area contributed by atoms with E-state index in [1.165, 1.54) is 31.4 Å². The van der Waals surface area contributed by atoms with E-state index in [1.54, 1.807) is 29.3 Å². The normalized spacial score (nSPS) is 22.8. The van der Waals surface area contributed by atoms with Crippen LogP contribution in [0, 0.1) is 22.0 Å². The molecule has 3 aliphatic heterocycles. The van der Waals surface area contributed by atoms with E-state index in [0.29, 0.717) is 16.5 Å². The van der Waals surface area contributed by atoms with Crippen LogP contribution < -0.4 is 15.0 Å². The van der Waals surface area contributed by atoms with Gasteiger partial charge < -0.3 is 15.0 Å². The van der Waals surface area contributed by atoms with Crippen molar-refractivity contribution in [1.82, 2.24) is 4.90 Å². The molecule has 196 valence electrons. The van der Waals surface area contributed by atoms with Crippen LogP contribution in [-0.2, 0) is 14.4 Å². The first-order valence-electron chi connectivity index (χ1n) is 12.1. The van der Waals surface area contributed by atoms with Crippen LogP contribution in [-0.4, -0.2) is 40.7 Å². The molecule has 3 aliphatic rings. The molecule has 2 fully saturated rings. The van der Waals surface area contributed by atoms with Crippen LogP contribution in [0.5, 0.6) is 5.75 Å². The van der Waals surface area contributed by atoms with E-state index in [2.05, 4.69) is 5.32 Å². The molecular weight excluding hydrogens is 524 g/mol. The van der Waals surface area contributed by atoms with E-state index in [1.807, 2.05) is 30.3 Å². The second-order valence-corrected chi connectivity index (χ2v) is 9.89. The predicted molar refractivity (Wildman–Crippen MR) is 143 cm³/mol. The molecule has 3 aromatic carbocycles. The minimum absolute atomic E-state index is 0.164. The highest BCUT2D eigenvalue weighted by Gasteiger charge is 2.64. The van der Waals surface area contributed by atoms with E-state index < -0.39 is 46.6 Å². The van der Waals surface area contributed by atoms with Gasteiger partial charge in [-0.05, 0) is 47.5 Å². The number of nitro groups is 1. The van der Waals surface area contributed by atoms with Crippen LogP contribution in [0.15, 0.2) is 72.9 Å². The highest BCUT2D eigenvalue weighted by molar-refractivity contribution is 6.31. The second-order valence-electron chi connectivity index (χ2n) is 9.45. The number of amides is 3. The number of ether oxygens (including phenoxy) is 1. The topological polar surface area (TPSA) is 122 Å². The SMILES string of the molecule is COc1ccc(Cl)cc1NC(=O)[C@H]1[C@@H]2C(=O)N(c3ccc([N+](=O)[O-])cc3)C(=O)[C@@H]2[C@H]2c3ccccc3C=CN21. The zero-order chi connectivity index (χ0) is 27.4. The Hall–Kier alpha value is -4.70. The van der Waals surface area contributed by atoms with Crippen molar-refractivity contribution in [2.75, 3.05) is 17.3 Å². The molecule has 6 rings (SSSR count). The zero-order valence-corrected chi connectivity index (χ0v) is 21.2. The number of hydrogen-bond donors (Lipinski definition) is 1. The van der Waals surface area contributed by atoms with Gasteiger partial charge in [-0.1, -0.05) is 35.9 Å². The Labute approximate surface area is 227 Å². The lowest BCUT2D eigenvalue weighted by Crippen LogP contribution is -2.46. The van der Waals surface area contributed by atoms with Crippen molar-refractivity contribution in [3.8, 4) is 5.75 Å². The quantitative estimate of drug-likeness (QED) is 0.287. The van der Waals surface area contributed by atoms with Crippen molar-refractivity contribution < 1.29 is 24.0 Å². The number of hydrogen-bond acceptors (Lipinski definition) is 7. The number of nitrogens with one attached hydrogen (secondary N) is 1. The van der Waals surface area contributed by atoms with Crippen molar-refractivity contribution in [1.29, 1.82) is 0 Å². The fourth-order valence-corrected chi connectivity index (χ4v) is 5.99. The highest BCUT2D eigenvalue weighted by atomic mass is 35.5. The summed E-state index contributed by atoms with van der Waals surface area (Å²) >= 11 is 6.16. The summed E-state index contributed by atoms with van der Waals surface area (Å²) in [6.45, 7) is 0. The van der Waals surface area contributed by atoms with Gasteiger partial charge in [-0.25, -0.2) is 4.90 Å². The molecule has 11 heteroatoms. The van der Waals surface area contributed by atoms with Gasteiger partial charge in [-0.15, -0.1) is 0 Å². The van der Waals surface area contributed by atoms with Gasteiger partial charge in [0, 0.05) is 23.4 Å². The molecule has 0 aliphatic carbocycles. The van der Waals surface area contributed by atoms with Crippen LogP contribution in [0.4, 0.5) is 17.1 Å². The van der Waals surface area contributed by atoms with E-state index in [9.17, 15) is 24.5 Å². The minimum atomic E-state index is -1.02. The van der Waals surface area contributed by atoms with Gasteiger partial charge >= 0.3 is 0 Å². The van der Waals surface area contributed by atoms with Gasteiger partial charge in [0.05, 0.1) is 41.3 Å². The molecule has 0 bridgehead atoms. The average molecular weight is 545 g/mol. The maximum absolute atomic E-state index is 13.9. The monoisotopic (exact) mass is 544 g/mol. The minimum Gasteiger partial charge on any atom is -0.495 e. The van der Waals surface area contributed by atoms with Crippen LogP contribution in [0.1, 0.15) is 17.2 Å².